The summed E-state index contributed by atoms with van der Waals surface area (Å²) in [5.41, 5.74) is 2.22. The molecule has 0 saturated carbocycles. The second kappa shape index (κ2) is 5.87. The van der Waals surface area contributed by atoms with Gasteiger partial charge in [-0.2, -0.15) is 0 Å². The molecule has 1 aliphatic rings. The molecule has 1 aromatic rings. The summed E-state index contributed by atoms with van der Waals surface area (Å²) in [5, 5.41) is 8.85. The fourth-order valence-electron chi connectivity index (χ4n) is 2.71. The Labute approximate surface area is 115 Å². The predicted molar refractivity (Wildman–Crippen MR) is 76.4 cm³/mol. The van der Waals surface area contributed by atoms with Crippen molar-refractivity contribution in [3.63, 3.8) is 0 Å². The van der Waals surface area contributed by atoms with E-state index in [1.807, 2.05) is 6.92 Å². The molecule has 100 valence electrons. The van der Waals surface area contributed by atoms with Crippen molar-refractivity contribution in [2.24, 2.45) is 5.92 Å². The van der Waals surface area contributed by atoms with Crippen molar-refractivity contribution in [2.75, 3.05) is 18.0 Å². The molecule has 0 spiro atoms. The summed E-state index contributed by atoms with van der Waals surface area (Å²) in [5.74, 6) is 1.92. The predicted octanol–water partition coefficient (Wildman–Crippen LogP) is 3.76. The molecule has 4 heteroatoms. The number of nitrogens with zero attached hydrogens (tertiary/aromatic N) is 3. The SMILES string of the molecule is CCCC1CCN(c2nnc(Cl)c(C)c2C)CC1. The van der Waals surface area contributed by atoms with Crippen LogP contribution in [0.15, 0.2) is 0 Å². The minimum Gasteiger partial charge on any atom is -0.355 e. The van der Waals surface area contributed by atoms with Crippen LogP contribution in [-0.2, 0) is 0 Å². The molecule has 0 amide bonds. The Morgan fingerprint density at radius 2 is 1.83 bits per heavy atom. The van der Waals surface area contributed by atoms with Gasteiger partial charge in [0.25, 0.3) is 0 Å². The molecule has 3 nitrogen and oxygen atoms in total. The molecule has 0 aliphatic carbocycles. The third-order valence-corrected chi connectivity index (χ3v) is 4.41. The molecule has 2 rings (SSSR count). The van der Waals surface area contributed by atoms with Crippen LogP contribution in [0.5, 0.6) is 0 Å². The van der Waals surface area contributed by atoms with Gasteiger partial charge in [0.05, 0.1) is 0 Å². The van der Waals surface area contributed by atoms with Crippen molar-refractivity contribution in [1.82, 2.24) is 10.2 Å². The van der Waals surface area contributed by atoms with E-state index < -0.39 is 0 Å². The van der Waals surface area contributed by atoms with Gasteiger partial charge in [-0.3, -0.25) is 0 Å². The first kappa shape index (κ1) is 13.6. The molecule has 1 saturated heterocycles. The van der Waals surface area contributed by atoms with E-state index in [4.69, 9.17) is 11.6 Å². The third-order valence-electron chi connectivity index (χ3n) is 4.05. The van der Waals surface area contributed by atoms with Crippen LogP contribution >= 0.6 is 11.6 Å². The molecule has 0 radical (unpaired) electrons. The summed E-state index contributed by atoms with van der Waals surface area (Å²) in [4.78, 5) is 2.36. The van der Waals surface area contributed by atoms with Crippen molar-refractivity contribution in [3.8, 4) is 0 Å². The lowest BCUT2D eigenvalue weighted by Crippen LogP contribution is -2.35. The standard InChI is InChI=1S/C14H22ClN3/c1-4-5-12-6-8-18(9-7-12)14-11(3)10(2)13(15)16-17-14/h12H,4-9H2,1-3H3. The van der Waals surface area contributed by atoms with Crippen LogP contribution in [0, 0.1) is 19.8 Å². The van der Waals surface area contributed by atoms with Gasteiger partial charge in [0.15, 0.2) is 11.0 Å². The molecular formula is C14H22ClN3. The van der Waals surface area contributed by atoms with E-state index in [1.165, 1.54) is 31.2 Å². The van der Waals surface area contributed by atoms with Crippen molar-refractivity contribution in [1.29, 1.82) is 0 Å². The lowest BCUT2D eigenvalue weighted by Gasteiger charge is -2.33. The van der Waals surface area contributed by atoms with Crippen molar-refractivity contribution >= 4 is 17.4 Å². The number of hydrogen-bond donors (Lipinski definition) is 0. The Morgan fingerprint density at radius 3 is 2.44 bits per heavy atom. The molecule has 0 atom stereocenters. The first-order valence-corrected chi connectivity index (χ1v) is 7.25. The highest BCUT2D eigenvalue weighted by atomic mass is 35.5. The topological polar surface area (TPSA) is 29.0 Å². The highest BCUT2D eigenvalue weighted by Gasteiger charge is 2.22. The van der Waals surface area contributed by atoms with Gasteiger partial charge in [0, 0.05) is 13.1 Å². The molecule has 1 aliphatic heterocycles. The average Bonchev–Trinajstić information content (AvgIpc) is 2.38. The molecule has 0 unspecified atom stereocenters. The number of aromatic nitrogens is 2. The molecule has 1 aromatic heterocycles. The number of hydrogen-bond acceptors (Lipinski definition) is 3. The normalized spacial score (nSPS) is 17.2. The van der Waals surface area contributed by atoms with E-state index >= 15 is 0 Å². The Kier molecular flexibility index (Phi) is 4.44. The number of piperidine rings is 1. The Balaban J connectivity index is 2.08. The quantitative estimate of drug-likeness (QED) is 0.835. The van der Waals surface area contributed by atoms with E-state index in [1.54, 1.807) is 0 Å². The highest BCUT2D eigenvalue weighted by molar-refractivity contribution is 6.30. The largest absolute Gasteiger partial charge is 0.355 e. The zero-order valence-electron chi connectivity index (χ0n) is 11.5. The maximum absolute atomic E-state index is 6.00. The molecule has 2 heterocycles. The molecule has 0 N–H and O–H groups in total. The van der Waals surface area contributed by atoms with Gasteiger partial charge in [-0.15, -0.1) is 10.2 Å². The molecular weight excluding hydrogens is 246 g/mol. The van der Waals surface area contributed by atoms with Gasteiger partial charge < -0.3 is 4.90 Å². The van der Waals surface area contributed by atoms with E-state index in [2.05, 4.69) is 28.9 Å². The van der Waals surface area contributed by atoms with Gasteiger partial charge in [-0.1, -0.05) is 31.4 Å². The summed E-state index contributed by atoms with van der Waals surface area (Å²) in [6, 6.07) is 0. The smallest absolute Gasteiger partial charge is 0.155 e. The van der Waals surface area contributed by atoms with Crippen LogP contribution < -0.4 is 4.90 Å². The molecule has 1 fully saturated rings. The van der Waals surface area contributed by atoms with Gasteiger partial charge in [0.1, 0.15) is 0 Å². The summed E-state index contributed by atoms with van der Waals surface area (Å²) in [6.07, 6.45) is 5.20. The van der Waals surface area contributed by atoms with Gasteiger partial charge >= 0.3 is 0 Å². The lowest BCUT2D eigenvalue weighted by atomic mass is 9.92. The van der Waals surface area contributed by atoms with Crippen molar-refractivity contribution in [3.05, 3.63) is 16.3 Å². The maximum Gasteiger partial charge on any atom is 0.155 e. The van der Waals surface area contributed by atoms with E-state index in [0.29, 0.717) is 5.15 Å². The maximum atomic E-state index is 6.00. The zero-order chi connectivity index (χ0) is 13.1. The first-order valence-electron chi connectivity index (χ1n) is 6.87. The minimum atomic E-state index is 0.525. The fraction of sp³-hybridized carbons (Fsp3) is 0.714. The van der Waals surface area contributed by atoms with Gasteiger partial charge in [-0.05, 0) is 43.7 Å². The van der Waals surface area contributed by atoms with Crippen molar-refractivity contribution < 1.29 is 0 Å². The lowest BCUT2D eigenvalue weighted by molar-refractivity contribution is 0.376. The van der Waals surface area contributed by atoms with Crippen LogP contribution in [0.1, 0.15) is 43.7 Å². The van der Waals surface area contributed by atoms with Crippen LogP contribution in [0.2, 0.25) is 5.15 Å². The zero-order valence-corrected chi connectivity index (χ0v) is 12.3. The second-order valence-corrected chi connectivity index (χ2v) is 5.64. The Bertz CT molecular complexity index is 412. The van der Waals surface area contributed by atoms with Crippen LogP contribution in [0.4, 0.5) is 5.82 Å². The van der Waals surface area contributed by atoms with E-state index in [0.717, 1.165) is 30.4 Å². The van der Waals surface area contributed by atoms with Crippen LogP contribution in [0.3, 0.4) is 0 Å². The second-order valence-electron chi connectivity index (χ2n) is 5.28. The van der Waals surface area contributed by atoms with E-state index in [9.17, 15) is 0 Å². The number of rotatable bonds is 3. The first-order chi connectivity index (χ1) is 8.63. The molecule has 0 aromatic carbocycles. The summed E-state index contributed by atoms with van der Waals surface area (Å²) in [7, 11) is 0. The molecule has 0 bridgehead atoms. The fourth-order valence-corrected chi connectivity index (χ4v) is 2.89. The minimum absolute atomic E-state index is 0.525. The monoisotopic (exact) mass is 267 g/mol. The highest BCUT2D eigenvalue weighted by Crippen LogP contribution is 2.28. The van der Waals surface area contributed by atoms with E-state index in [-0.39, 0.29) is 0 Å². The third kappa shape index (κ3) is 2.77. The Morgan fingerprint density at radius 1 is 1.17 bits per heavy atom. The molecule has 18 heavy (non-hydrogen) atoms. The number of halogens is 1. The summed E-state index contributed by atoms with van der Waals surface area (Å²) in [6.45, 7) is 8.57. The van der Waals surface area contributed by atoms with Gasteiger partial charge in [-0.25, -0.2) is 0 Å². The number of anilines is 1. The van der Waals surface area contributed by atoms with Crippen molar-refractivity contribution in [2.45, 2.75) is 46.5 Å². The van der Waals surface area contributed by atoms with Crippen LogP contribution in [0.25, 0.3) is 0 Å². The van der Waals surface area contributed by atoms with Gasteiger partial charge in [0.2, 0.25) is 0 Å². The van der Waals surface area contributed by atoms with Crippen LogP contribution in [-0.4, -0.2) is 23.3 Å². The summed E-state index contributed by atoms with van der Waals surface area (Å²) >= 11 is 6.00. The summed E-state index contributed by atoms with van der Waals surface area (Å²) < 4.78 is 0. The average molecular weight is 268 g/mol. The Hall–Kier alpha value is -0.830.